The van der Waals surface area contributed by atoms with Crippen LogP contribution in [-0.2, 0) is 6.54 Å². The smallest absolute Gasteiger partial charge is 0.0802 e. The van der Waals surface area contributed by atoms with Gasteiger partial charge in [-0.05, 0) is 43.0 Å². The van der Waals surface area contributed by atoms with E-state index >= 15 is 0 Å². The van der Waals surface area contributed by atoms with Crippen molar-refractivity contribution < 1.29 is 5.11 Å². The quantitative estimate of drug-likeness (QED) is 0.872. The number of aryl methyl sites for hydroxylation is 2. The molecule has 2 aromatic rings. The molecule has 1 N–H and O–H groups in total. The van der Waals surface area contributed by atoms with Crippen LogP contribution in [0.5, 0.6) is 0 Å². The first-order valence-electron chi connectivity index (χ1n) is 6.50. The highest BCUT2D eigenvalue weighted by Crippen LogP contribution is 2.18. The topological polar surface area (TPSA) is 25.2 Å². The number of hydrogen-bond acceptors (Lipinski definition) is 1. The Morgan fingerprint density at radius 2 is 2.00 bits per heavy atom. The molecule has 96 valence electrons. The molecule has 1 aromatic heterocycles. The summed E-state index contributed by atoms with van der Waals surface area (Å²) < 4.78 is 2.13. The molecule has 0 radical (unpaired) electrons. The maximum Gasteiger partial charge on any atom is 0.0802 e. The highest BCUT2D eigenvalue weighted by molar-refractivity contribution is 5.31. The first kappa shape index (κ1) is 12.9. The molecule has 0 aliphatic heterocycles. The van der Waals surface area contributed by atoms with Crippen molar-refractivity contribution in [1.29, 1.82) is 0 Å². The fourth-order valence-electron chi connectivity index (χ4n) is 2.16. The van der Waals surface area contributed by atoms with E-state index in [1.807, 2.05) is 25.4 Å². The van der Waals surface area contributed by atoms with Crippen molar-refractivity contribution in [3.8, 4) is 0 Å². The highest BCUT2D eigenvalue weighted by atomic mass is 16.3. The van der Waals surface area contributed by atoms with Gasteiger partial charge < -0.3 is 9.67 Å². The van der Waals surface area contributed by atoms with Gasteiger partial charge in [-0.15, -0.1) is 0 Å². The van der Waals surface area contributed by atoms with Gasteiger partial charge in [0.25, 0.3) is 0 Å². The Bertz CT molecular complexity index is 528. The summed E-state index contributed by atoms with van der Waals surface area (Å²) in [5.41, 5.74) is 4.94. The monoisotopic (exact) mass is 243 g/mol. The largest absolute Gasteiger partial charge is 0.388 e. The molecule has 18 heavy (non-hydrogen) atoms. The molecule has 0 spiro atoms. The van der Waals surface area contributed by atoms with E-state index in [0.717, 1.165) is 18.5 Å². The zero-order valence-electron chi connectivity index (χ0n) is 11.4. The molecule has 2 heteroatoms. The van der Waals surface area contributed by atoms with Crippen molar-refractivity contribution in [2.45, 2.75) is 39.8 Å². The zero-order chi connectivity index (χ0) is 13.1. The molecule has 0 aliphatic carbocycles. The van der Waals surface area contributed by atoms with Crippen LogP contribution in [0, 0.1) is 13.8 Å². The minimum atomic E-state index is -0.343. The first-order chi connectivity index (χ1) is 8.60. The number of aromatic nitrogens is 1. The van der Waals surface area contributed by atoms with Gasteiger partial charge in [0.2, 0.25) is 0 Å². The van der Waals surface area contributed by atoms with E-state index < -0.39 is 0 Å². The van der Waals surface area contributed by atoms with Crippen molar-refractivity contribution >= 4 is 0 Å². The summed E-state index contributed by atoms with van der Waals surface area (Å²) in [5.74, 6) is 0. The predicted molar refractivity (Wildman–Crippen MR) is 74.7 cm³/mol. The van der Waals surface area contributed by atoms with Crippen LogP contribution in [0.1, 0.15) is 41.7 Å². The summed E-state index contributed by atoms with van der Waals surface area (Å²) in [4.78, 5) is 0. The lowest BCUT2D eigenvalue weighted by Crippen LogP contribution is -2.00. The van der Waals surface area contributed by atoms with Gasteiger partial charge in [0, 0.05) is 18.9 Å². The Morgan fingerprint density at radius 3 is 2.72 bits per heavy atom. The average molecular weight is 243 g/mol. The molecular formula is C16H21NO. The molecule has 0 fully saturated rings. The summed E-state index contributed by atoms with van der Waals surface area (Å²) in [7, 11) is 0. The Balaban J connectivity index is 2.18. The Kier molecular flexibility index (Phi) is 3.87. The molecule has 0 bridgehead atoms. The first-order valence-corrected chi connectivity index (χ1v) is 6.50. The second kappa shape index (κ2) is 5.40. The SMILES string of the molecule is CCC(O)c1ccn(Cc2cc(C)ccc2C)c1. The summed E-state index contributed by atoms with van der Waals surface area (Å²) in [6, 6.07) is 8.53. The number of aliphatic hydroxyl groups excluding tert-OH is 1. The molecule has 0 saturated heterocycles. The van der Waals surface area contributed by atoms with Gasteiger partial charge in [-0.3, -0.25) is 0 Å². The van der Waals surface area contributed by atoms with Crippen LogP contribution in [-0.4, -0.2) is 9.67 Å². The number of benzene rings is 1. The second-order valence-corrected chi connectivity index (χ2v) is 4.97. The van der Waals surface area contributed by atoms with Crippen LogP contribution in [0.2, 0.25) is 0 Å². The molecule has 1 heterocycles. The third-order valence-electron chi connectivity index (χ3n) is 3.40. The van der Waals surface area contributed by atoms with Gasteiger partial charge in [0.1, 0.15) is 0 Å². The molecule has 1 atom stereocenters. The van der Waals surface area contributed by atoms with E-state index in [1.54, 1.807) is 0 Å². The molecule has 1 unspecified atom stereocenters. The molecule has 2 rings (SSSR count). The molecule has 0 saturated carbocycles. The van der Waals surface area contributed by atoms with Gasteiger partial charge in [-0.25, -0.2) is 0 Å². The zero-order valence-corrected chi connectivity index (χ0v) is 11.4. The lowest BCUT2D eigenvalue weighted by atomic mass is 10.1. The summed E-state index contributed by atoms with van der Waals surface area (Å²) in [6.45, 7) is 7.11. The minimum absolute atomic E-state index is 0.343. The third-order valence-corrected chi connectivity index (χ3v) is 3.40. The maximum atomic E-state index is 9.79. The van der Waals surface area contributed by atoms with E-state index in [0.29, 0.717) is 0 Å². The Morgan fingerprint density at radius 1 is 1.22 bits per heavy atom. The van der Waals surface area contributed by atoms with Gasteiger partial charge in [-0.1, -0.05) is 30.7 Å². The Labute approximate surface area is 109 Å². The lowest BCUT2D eigenvalue weighted by molar-refractivity contribution is 0.173. The fraction of sp³-hybridized carbons (Fsp3) is 0.375. The second-order valence-electron chi connectivity index (χ2n) is 4.97. The van der Waals surface area contributed by atoms with Crippen LogP contribution >= 0.6 is 0 Å². The molecule has 0 amide bonds. The van der Waals surface area contributed by atoms with Gasteiger partial charge >= 0.3 is 0 Å². The normalized spacial score (nSPS) is 12.7. The summed E-state index contributed by atoms with van der Waals surface area (Å²) >= 11 is 0. The van der Waals surface area contributed by atoms with Crippen LogP contribution < -0.4 is 0 Å². The van der Waals surface area contributed by atoms with E-state index in [2.05, 4.69) is 36.6 Å². The van der Waals surface area contributed by atoms with Crippen molar-refractivity contribution in [3.63, 3.8) is 0 Å². The highest BCUT2D eigenvalue weighted by Gasteiger charge is 2.07. The average Bonchev–Trinajstić information content (AvgIpc) is 2.81. The van der Waals surface area contributed by atoms with Crippen LogP contribution in [0.25, 0.3) is 0 Å². The summed E-state index contributed by atoms with van der Waals surface area (Å²) in [6.07, 6.45) is 4.49. The van der Waals surface area contributed by atoms with Gasteiger partial charge in [0.05, 0.1) is 6.10 Å². The third kappa shape index (κ3) is 2.82. The molecule has 0 aliphatic rings. The van der Waals surface area contributed by atoms with Crippen molar-refractivity contribution in [1.82, 2.24) is 4.57 Å². The van der Waals surface area contributed by atoms with Crippen molar-refractivity contribution in [2.24, 2.45) is 0 Å². The fourth-order valence-corrected chi connectivity index (χ4v) is 2.16. The maximum absolute atomic E-state index is 9.79. The van der Waals surface area contributed by atoms with E-state index in [4.69, 9.17) is 0 Å². The van der Waals surface area contributed by atoms with Gasteiger partial charge in [-0.2, -0.15) is 0 Å². The van der Waals surface area contributed by atoms with Crippen molar-refractivity contribution in [3.05, 3.63) is 58.9 Å². The van der Waals surface area contributed by atoms with E-state index in [9.17, 15) is 5.11 Å². The minimum Gasteiger partial charge on any atom is -0.388 e. The van der Waals surface area contributed by atoms with E-state index in [1.165, 1.54) is 16.7 Å². The van der Waals surface area contributed by atoms with E-state index in [-0.39, 0.29) is 6.10 Å². The van der Waals surface area contributed by atoms with Crippen molar-refractivity contribution in [2.75, 3.05) is 0 Å². The lowest BCUT2D eigenvalue weighted by Gasteiger charge is -2.09. The molecule has 2 nitrogen and oxygen atoms in total. The van der Waals surface area contributed by atoms with Crippen LogP contribution in [0.15, 0.2) is 36.7 Å². The molecular weight excluding hydrogens is 222 g/mol. The Hall–Kier alpha value is -1.54. The number of aliphatic hydroxyl groups is 1. The van der Waals surface area contributed by atoms with Crippen LogP contribution in [0.4, 0.5) is 0 Å². The number of hydrogen-bond donors (Lipinski definition) is 1. The number of rotatable bonds is 4. The van der Waals surface area contributed by atoms with Gasteiger partial charge in [0.15, 0.2) is 0 Å². The number of nitrogens with zero attached hydrogens (tertiary/aromatic N) is 1. The van der Waals surface area contributed by atoms with Crippen LogP contribution in [0.3, 0.4) is 0 Å². The predicted octanol–water partition coefficient (Wildman–Crippen LogP) is 3.60. The standard InChI is InChI=1S/C16H21NO/c1-4-16(18)14-7-8-17(10-14)11-15-9-12(2)5-6-13(15)3/h5-10,16,18H,4,11H2,1-3H3. The molecule has 1 aromatic carbocycles. The summed E-state index contributed by atoms with van der Waals surface area (Å²) in [5, 5.41) is 9.79.